The third-order valence-electron chi connectivity index (χ3n) is 2.01. The molecule has 1 aromatic rings. The molecule has 0 bridgehead atoms. The molecule has 8 heteroatoms. The van der Waals surface area contributed by atoms with Crippen molar-refractivity contribution in [1.29, 1.82) is 0 Å². The number of sulfonamides is 1. The van der Waals surface area contributed by atoms with Gasteiger partial charge in [0.15, 0.2) is 0 Å². The third kappa shape index (κ3) is 4.81. The molecule has 0 amide bonds. The molecule has 0 radical (unpaired) electrons. The summed E-state index contributed by atoms with van der Waals surface area (Å²) in [5.74, 6) is -1.63. The number of carboxylic acids is 1. The Kier molecular flexibility index (Phi) is 4.98. The van der Waals surface area contributed by atoms with Gasteiger partial charge in [-0.2, -0.15) is 0 Å². The molecule has 2 N–H and O–H groups in total. The fourth-order valence-electron chi connectivity index (χ4n) is 1.28. The van der Waals surface area contributed by atoms with Crippen LogP contribution < -0.4 is 4.72 Å². The lowest BCUT2D eigenvalue weighted by atomic mass is 10.2. The zero-order valence-electron chi connectivity index (χ0n) is 9.35. The summed E-state index contributed by atoms with van der Waals surface area (Å²) in [7, 11) is -3.76. The standard InChI is InChI=1S/C10H11Cl2NO4S/c1-6(10(14)15)13-18(16,17)5-7-2-8(11)4-9(12)3-7/h2-4,6,13H,5H2,1H3,(H,14,15)/t6-/m1/s1. The highest BCUT2D eigenvalue weighted by Crippen LogP contribution is 2.20. The van der Waals surface area contributed by atoms with Gasteiger partial charge in [0.05, 0.1) is 5.75 Å². The van der Waals surface area contributed by atoms with Gasteiger partial charge in [0.1, 0.15) is 6.04 Å². The first-order chi connectivity index (χ1) is 8.19. The number of carbonyl (C=O) groups is 1. The van der Waals surface area contributed by atoms with E-state index in [-0.39, 0.29) is 5.75 Å². The second-order valence-corrected chi connectivity index (χ2v) is 6.34. The Morgan fingerprint density at radius 2 is 1.83 bits per heavy atom. The molecule has 18 heavy (non-hydrogen) atoms. The second kappa shape index (κ2) is 5.88. The Bertz CT molecular complexity index is 539. The van der Waals surface area contributed by atoms with E-state index in [2.05, 4.69) is 0 Å². The van der Waals surface area contributed by atoms with Gasteiger partial charge in [0.25, 0.3) is 0 Å². The van der Waals surface area contributed by atoms with Crippen LogP contribution in [-0.4, -0.2) is 25.5 Å². The maximum atomic E-state index is 11.7. The number of hydrogen-bond acceptors (Lipinski definition) is 3. The van der Waals surface area contributed by atoms with Gasteiger partial charge in [-0.15, -0.1) is 0 Å². The molecule has 0 spiro atoms. The minimum Gasteiger partial charge on any atom is -0.480 e. The number of aliphatic carboxylic acids is 1. The molecular formula is C10H11Cl2NO4S. The van der Waals surface area contributed by atoms with Crippen molar-refractivity contribution in [2.45, 2.75) is 18.7 Å². The van der Waals surface area contributed by atoms with Crippen molar-refractivity contribution < 1.29 is 18.3 Å². The monoisotopic (exact) mass is 311 g/mol. The highest BCUT2D eigenvalue weighted by molar-refractivity contribution is 7.88. The van der Waals surface area contributed by atoms with Gasteiger partial charge in [-0.3, -0.25) is 4.79 Å². The Labute approximate surface area is 115 Å². The van der Waals surface area contributed by atoms with Crippen molar-refractivity contribution in [3.63, 3.8) is 0 Å². The average Bonchev–Trinajstić information content (AvgIpc) is 2.13. The molecule has 0 saturated heterocycles. The van der Waals surface area contributed by atoms with Gasteiger partial charge >= 0.3 is 5.97 Å². The van der Waals surface area contributed by atoms with E-state index in [1.165, 1.54) is 25.1 Å². The molecule has 0 fully saturated rings. The van der Waals surface area contributed by atoms with Crippen LogP contribution in [0.4, 0.5) is 0 Å². The molecule has 1 atom stereocenters. The highest BCUT2D eigenvalue weighted by atomic mass is 35.5. The minimum atomic E-state index is -3.76. The van der Waals surface area contributed by atoms with Crippen LogP contribution in [0, 0.1) is 0 Å². The Balaban J connectivity index is 2.85. The minimum absolute atomic E-state index is 0.319. The number of nitrogens with one attached hydrogen (secondary N) is 1. The van der Waals surface area contributed by atoms with Crippen LogP contribution in [0.15, 0.2) is 18.2 Å². The predicted octanol–water partition coefficient (Wildman–Crippen LogP) is 1.89. The van der Waals surface area contributed by atoms with Gasteiger partial charge in [-0.1, -0.05) is 23.2 Å². The van der Waals surface area contributed by atoms with Crippen LogP contribution >= 0.6 is 23.2 Å². The van der Waals surface area contributed by atoms with Crippen LogP contribution in [0.2, 0.25) is 10.0 Å². The molecule has 1 aromatic carbocycles. The van der Waals surface area contributed by atoms with Gasteiger partial charge < -0.3 is 5.11 Å². The van der Waals surface area contributed by atoms with Crippen molar-refractivity contribution in [3.05, 3.63) is 33.8 Å². The summed E-state index contributed by atoms with van der Waals surface area (Å²) in [6.07, 6.45) is 0. The molecule has 0 aliphatic heterocycles. The van der Waals surface area contributed by atoms with E-state index in [1.807, 2.05) is 4.72 Å². The molecule has 100 valence electrons. The topological polar surface area (TPSA) is 83.5 Å². The summed E-state index contributed by atoms with van der Waals surface area (Å²) in [6, 6.07) is 3.20. The molecular weight excluding hydrogens is 301 g/mol. The molecule has 0 aliphatic rings. The number of carboxylic acid groups (broad SMARTS) is 1. The van der Waals surface area contributed by atoms with E-state index in [0.717, 1.165) is 0 Å². The Morgan fingerprint density at radius 3 is 2.28 bits per heavy atom. The average molecular weight is 312 g/mol. The van der Waals surface area contributed by atoms with E-state index in [4.69, 9.17) is 28.3 Å². The van der Waals surface area contributed by atoms with Gasteiger partial charge in [-0.25, -0.2) is 13.1 Å². The molecule has 5 nitrogen and oxygen atoms in total. The van der Waals surface area contributed by atoms with Crippen molar-refractivity contribution >= 4 is 39.2 Å². The lowest BCUT2D eigenvalue weighted by Crippen LogP contribution is -2.38. The zero-order chi connectivity index (χ0) is 13.9. The molecule has 0 saturated carbocycles. The maximum Gasteiger partial charge on any atom is 0.321 e. The van der Waals surface area contributed by atoms with E-state index < -0.39 is 22.0 Å². The largest absolute Gasteiger partial charge is 0.480 e. The first-order valence-corrected chi connectivity index (χ1v) is 7.28. The van der Waals surface area contributed by atoms with Gasteiger partial charge in [-0.05, 0) is 30.7 Å². The predicted molar refractivity (Wildman–Crippen MR) is 69.3 cm³/mol. The summed E-state index contributed by atoms with van der Waals surface area (Å²) in [6.45, 7) is 1.24. The van der Waals surface area contributed by atoms with Crippen LogP contribution in [0.1, 0.15) is 12.5 Å². The fourth-order valence-corrected chi connectivity index (χ4v) is 3.17. The van der Waals surface area contributed by atoms with Crippen molar-refractivity contribution in [3.8, 4) is 0 Å². The first kappa shape index (κ1) is 15.2. The SMILES string of the molecule is C[C@@H](NS(=O)(=O)Cc1cc(Cl)cc(Cl)c1)C(=O)O. The van der Waals surface area contributed by atoms with Crippen molar-refractivity contribution in [2.75, 3.05) is 0 Å². The van der Waals surface area contributed by atoms with Crippen LogP contribution in [0.3, 0.4) is 0 Å². The number of halogens is 2. The summed E-state index contributed by atoms with van der Waals surface area (Å²) in [5, 5.41) is 9.27. The summed E-state index contributed by atoms with van der Waals surface area (Å²) >= 11 is 11.5. The third-order valence-corrected chi connectivity index (χ3v) is 3.87. The van der Waals surface area contributed by atoms with Crippen LogP contribution in [0.5, 0.6) is 0 Å². The lowest BCUT2D eigenvalue weighted by Gasteiger charge is -2.10. The first-order valence-electron chi connectivity index (χ1n) is 4.87. The molecule has 0 unspecified atom stereocenters. The molecule has 0 heterocycles. The second-order valence-electron chi connectivity index (χ2n) is 3.71. The quantitative estimate of drug-likeness (QED) is 0.869. The number of benzene rings is 1. The normalized spacial score (nSPS) is 13.3. The van der Waals surface area contributed by atoms with E-state index in [1.54, 1.807) is 0 Å². The van der Waals surface area contributed by atoms with E-state index in [0.29, 0.717) is 15.6 Å². The zero-order valence-corrected chi connectivity index (χ0v) is 11.7. The molecule has 0 aromatic heterocycles. The molecule has 1 rings (SSSR count). The van der Waals surface area contributed by atoms with E-state index >= 15 is 0 Å². The fraction of sp³-hybridized carbons (Fsp3) is 0.300. The maximum absolute atomic E-state index is 11.7. The number of hydrogen-bond donors (Lipinski definition) is 2. The Hall–Kier alpha value is -0.820. The van der Waals surface area contributed by atoms with E-state index in [9.17, 15) is 13.2 Å². The lowest BCUT2D eigenvalue weighted by molar-refractivity contribution is -0.138. The van der Waals surface area contributed by atoms with Crippen LogP contribution in [0.25, 0.3) is 0 Å². The Morgan fingerprint density at radius 1 is 1.33 bits per heavy atom. The van der Waals surface area contributed by atoms with Crippen molar-refractivity contribution in [1.82, 2.24) is 4.72 Å². The van der Waals surface area contributed by atoms with Gasteiger partial charge in [0, 0.05) is 10.0 Å². The molecule has 0 aliphatic carbocycles. The smallest absolute Gasteiger partial charge is 0.321 e. The van der Waals surface area contributed by atoms with Crippen LogP contribution in [-0.2, 0) is 20.6 Å². The summed E-state index contributed by atoms with van der Waals surface area (Å²) in [5.41, 5.74) is 0.387. The summed E-state index contributed by atoms with van der Waals surface area (Å²) in [4.78, 5) is 10.6. The summed E-state index contributed by atoms with van der Waals surface area (Å²) < 4.78 is 25.4. The highest BCUT2D eigenvalue weighted by Gasteiger charge is 2.20. The van der Waals surface area contributed by atoms with Gasteiger partial charge in [0.2, 0.25) is 10.0 Å². The number of rotatable bonds is 5. The van der Waals surface area contributed by atoms with Crippen molar-refractivity contribution in [2.24, 2.45) is 0 Å².